The highest BCUT2D eigenvalue weighted by Gasteiger charge is 2.45. The molecule has 0 saturated carbocycles. The van der Waals surface area contributed by atoms with Crippen LogP contribution in [-0.2, 0) is 14.3 Å². The van der Waals surface area contributed by atoms with Gasteiger partial charge in [-0.2, -0.15) is 0 Å². The Bertz CT molecular complexity index is 335. The third-order valence-electron chi connectivity index (χ3n) is 3.36. The van der Waals surface area contributed by atoms with Crippen LogP contribution in [0.4, 0.5) is 0 Å². The van der Waals surface area contributed by atoms with Gasteiger partial charge in [0.15, 0.2) is 6.29 Å². The van der Waals surface area contributed by atoms with Gasteiger partial charge in [0.2, 0.25) is 5.91 Å². The number of aliphatic hydroxyl groups is 3. The predicted molar refractivity (Wildman–Crippen MR) is 70.8 cm³/mol. The Balaban J connectivity index is 2.85. The molecule has 0 spiro atoms. The predicted octanol–water partition coefficient (Wildman–Crippen LogP) is -0.865. The minimum atomic E-state index is -1.18. The molecular formula is C13H25NO6. The Morgan fingerprint density at radius 2 is 1.95 bits per heavy atom. The molecule has 118 valence electrons. The minimum absolute atomic E-state index is 0.0503. The first-order valence-corrected chi connectivity index (χ1v) is 6.75. The van der Waals surface area contributed by atoms with Gasteiger partial charge in [-0.05, 0) is 27.2 Å². The fourth-order valence-corrected chi connectivity index (χ4v) is 2.16. The highest BCUT2D eigenvalue weighted by Crippen LogP contribution is 2.27. The molecule has 1 aliphatic heterocycles. The molecule has 4 N–H and O–H groups in total. The molecule has 7 heteroatoms. The van der Waals surface area contributed by atoms with Gasteiger partial charge in [-0.3, -0.25) is 4.79 Å². The van der Waals surface area contributed by atoms with Crippen LogP contribution < -0.4 is 5.32 Å². The van der Waals surface area contributed by atoms with Crippen LogP contribution in [-0.4, -0.2) is 64.1 Å². The molecule has 20 heavy (non-hydrogen) atoms. The van der Waals surface area contributed by atoms with Crippen molar-refractivity contribution in [3.8, 4) is 0 Å². The summed E-state index contributed by atoms with van der Waals surface area (Å²) in [6, 6.07) is -0.864. The van der Waals surface area contributed by atoms with Gasteiger partial charge < -0.3 is 30.1 Å². The van der Waals surface area contributed by atoms with Crippen LogP contribution in [0.3, 0.4) is 0 Å². The van der Waals surface area contributed by atoms with Crippen LogP contribution in [0.15, 0.2) is 0 Å². The third kappa shape index (κ3) is 4.39. The number of nitrogens with one attached hydrogen (secondary N) is 1. The van der Waals surface area contributed by atoms with E-state index in [4.69, 9.17) is 14.6 Å². The van der Waals surface area contributed by atoms with E-state index in [9.17, 15) is 15.0 Å². The minimum Gasteiger partial charge on any atom is -0.396 e. The van der Waals surface area contributed by atoms with E-state index >= 15 is 0 Å². The maximum absolute atomic E-state index is 11.2. The maximum atomic E-state index is 11.2. The second-order valence-corrected chi connectivity index (χ2v) is 5.77. The summed E-state index contributed by atoms with van der Waals surface area (Å²) in [7, 11) is 0. The summed E-state index contributed by atoms with van der Waals surface area (Å²) in [4.78, 5) is 11.2. The molecule has 1 aliphatic rings. The molecule has 1 saturated heterocycles. The van der Waals surface area contributed by atoms with E-state index in [-0.39, 0.29) is 12.5 Å². The Labute approximate surface area is 118 Å². The fraction of sp³-hybridized carbons (Fsp3) is 0.923. The largest absolute Gasteiger partial charge is 0.396 e. The Morgan fingerprint density at radius 1 is 1.35 bits per heavy atom. The molecule has 1 heterocycles. The number of rotatable bonds is 5. The Hall–Kier alpha value is -0.730. The molecule has 7 nitrogen and oxygen atoms in total. The van der Waals surface area contributed by atoms with Crippen LogP contribution in [0.5, 0.6) is 0 Å². The number of aliphatic hydroxyl groups excluding tert-OH is 3. The highest BCUT2D eigenvalue weighted by atomic mass is 16.7. The summed E-state index contributed by atoms with van der Waals surface area (Å²) in [5, 5.41) is 31.5. The summed E-state index contributed by atoms with van der Waals surface area (Å²) in [5.41, 5.74) is -0.683. The van der Waals surface area contributed by atoms with Crippen molar-refractivity contribution in [2.45, 2.75) is 70.4 Å². The van der Waals surface area contributed by atoms with E-state index in [0.717, 1.165) is 0 Å². The first-order valence-electron chi connectivity index (χ1n) is 6.75. The summed E-state index contributed by atoms with van der Waals surface area (Å²) in [6.45, 7) is 6.44. The van der Waals surface area contributed by atoms with E-state index in [0.29, 0.717) is 6.42 Å². The molecule has 5 atom stereocenters. The molecule has 1 fully saturated rings. The summed E-state index contributed by atoms with van der Waals surface area (Å²) < 4.78 is 11.3. The van der Waals surface area contributed by atoms with Crippen molar-refractivity contribution in [1.82, 2.24) is 5.32 Å². The zero-order valence-electron chi connectivity index (χ0n) is 12.4. The smallest absolute Gasteiger partial charge is 0.217 e. The number of hydrogen-bond acceptors (Lipinski definition) is 6. The van der Waals surface area contributed by atoms with Crippen molar-refractivity contribution in [3.63, 3.8) is 0 Å². The molecule has 0 bridgehead atoms. The Morgan fingerprint density at radius 3 is 2.45 bits per heavy atom. The lowest BCUT2D eigenvalue weighted by atomic mass is 9.96. The van der Waals surface area contributed by atoms with Crippen LogP contribution in [0.2, 0.25) is 0 Å². The van der Waals surface area contributed by atoms with Crippen LogP contribution in [0.25, 0.3) is 0 Å². The van der Waals surface area contributed by atoms with Crippen molar-refractivity contribution in [3.05, 3.63) is 0 Å². The first kappa shape index (κ1) is 17.3. The lowest BCUT2D eigenvalue weighted by Crippen LogP contribution is -2.64. The number of carbonyl (C=O) groups is 1. The average Bonchev–Trinajstić information content (AvgIpc) is 2.30. The second kappa shape index (κ2) is 6.82. The van der Waals surface area contributed by atoms with Gasteiger partial charge in [0.25, 0.3) is 0 Å². The number of hydrogen-bond donors (Lipinski definition) is 4. The van der Waals surface area contributed by atoms with E-state index in [2.05, 4.69) is 5.32 Å². The topological polar surface area (TPSA) is 108 Å². The normalized spacial score (nSPS) is 34.9. The summed E-state index contributed by atoms with van der Waals surface area (Å²) >= 11 is 0. The number of ether oxygens (including phenoxy) is 2. The number of amides is 1. The summed E-state index contributed by atoms with van der Waals surface area (Å²) in [6.07, 6.45) is -3.42. The molecular weight excluding hydrogens is 266 g/mol. The van der Waals surface area contributed by atoms with Gasteiger partial charge in [-0.15, -0.1) is 0 Å². The molecule has 1 amide bonds. The van der Waals surface area contributed by atoms with Gasteiger partial charge in [-0.25, -0.2) is 0 Å². The van der Waals surface area contributed by atoms with E-state index < -0.39 is 36.2 Å². The zero-order chi connectivity index (χ0) is 15.5. The second-order valence-electron chi connectivity index (χ2n) is 5.77. The zero-order valence-corrected chi connectivity index (χ0v) is 12.4. The van der Waals surface area contributed by atoms with Gasteiger partial charge >= 0.3 is 0 Å². The van der Waals surface area contributed by atoms with E-state index in [1.54, 1.807) is 20.8 Å². The quantitative estimate of drug-likeness (QED) is 0.525. The lowest BCUT2D eigenvalue weighted by molar-refractivity contribution is -0.288. The standard InChI is InChI=1S/C13H25NO6/c1-7-10(17)11(18)9(14-8(2)16)12(19-7)20-13(3,4)5-6-15/h7,9-12,15,17-18H,5-6H2,1-4H3,(H,14,16)/t7-,9-,10+,11-,12?/m1/s1. The molecule has 0 aliphatic carbocycles. The lowest BCUT2D eigenvalue weighted by Gasteiger charge is -2.44. The SMILES string of the molecule is CC(=O)N[C@H]1C(OC(C)(C)CCO)O[C@H](C)[C@H](O)[C@@H]1O. The molecule has 0 aromatic carbocycles. The molecule has 0 aromatic rings. The van der Waals surface area contributed by atoms with Crippen LogP contribution in [0, 0.1) is 0 Å². The van der Waals surface area contributed by atoms with Gasteiger partial charge in [0.05, 0.1) is 11.7 Å². The van der Waals surface area contributed by atoms with Crippen molar-refractivity contribution >= 4 is 5.91 Å². The molecule has 0 radical (unpaired) electrons. The third-order valence-corrected chi connectivity index (χ3v) is 3.36. The molecule has 1 rings (SSSR count). The average molecular weight is 291 g/mol. The Kier molecular flexibility index (Phi) is 5.91. The van der Waals surface area contributed by atoms with Gasteiger partial charge in [0.1, 0.15) is 18.2 Å². The van der Waals surface area contributed by atoms with E-state index in [1.165, 1.54) is 6.92 Å². The van der Waals surface area contributed by atoms with Crippen molar-refractivity contribution in [2.75, 3.05) is 6.61 Å². The van der Waals surface area contributed by atoms with Crippen molar-refractivity contribution in [2.24, 2.45) is 0 Å². The van der Waals surface area contributed by atoms with E-state index in [1.807, 2.05) is 0 Å². The van der Waals surface area contributed by atoms with Crippen LogP contribution >= 0.6 is 0 Å². The van der Waals surface area contributed by atoms with Crippen molar-refractivity contribution in [1.29, 1.82) is 0 Å². The fourth-order valence-electron chi connectivity index (χ4n) is 2.16. The highest BCUT2D eigenvalue weighted by molar-refractivity contribution is 5.73. The van der Waals surface area contributed by atoms with Gasteiger partial charge in [0, 0.05) is 13.5 Å². The maximum Gasteiger partial charge on any atom is 0.217 e. The van der Waals surface area contributed by atoms with Gasteiger partial charge in [-0.1, -0.05) is 0 Å². The van der Waals surface area contributed by atoms with Crippen molar-refractivity contribution < 1.29 is 29.6 Å². The van der Waals surface area contributed by atoms with Crippen LogP contribution in [0.1, 0.15) is 34.1 Å². The molecule has 0 aromatic heterocycles. The number of carbonyl (C=O) groups excluding carboxylic acids is 1. The molecule has 1 unspecified atom stereocenters. The summed E-state index contributed by atoms with van der Waals surface area (Å²) in [5.74, 6) is -0.354. The first-order chi connectivity index (χ1) is 9.18. The monoisotopic (exact) mass is 291 g/mol.